The van der Waals surface area contributed by atoms with E-state index in [1.165, 1.54) is 0 Å². The van der Waals surface area contributed by atoms with Gasteiger partial charge in [-0.25, -0.2) is 0 Å². The first kappa shape index (κ1) is 27.1. The van der Waals surface area contributed by atoms with Crippen molar-refractivity contribution >= 4 is 30.0 Å². The summed E-state index contributed by atoms with van der Waals surface area (Å²) in [5.41, 5.74) is -0.491. The first-order valence-corrected chi connectivity index (χ1v) is 12.3. The molecule has 13 heteroatoms. The summed E-state index contributed by atoms with van der Waals surface area (Å²) < 4.78 is 89.2. The molecule has 1 rings (SSSR count). The van der Waals surface area contributed by atoms with E-state index in [9.17, 15) is 31.4 Å². The van der Waals surface area contributed by atoms with Crippen LogP contribution in [-0.2, 0) is 9.05 Å². The monoisotopic (exact) mass is 487 g/mol. The third-order valence-corrected chi connectivity index (χ3v) is 9.94. The van der Waals surface area contributed by atoms with Gasteiger partial charge in [-0.15, -0.1) is 0 Å². The minimum Gasteiger partial charge on any atom is -0.389 e. The molecule has 3 unspecified atom stereocenters. The van der Waals surface area contributed by atoms with Crippen molar-refractivity contribution in [1.82, 2.24) is 0 Å². The predicted molar refractivity (Wildman–Crippen MR) is 102 cm³/mol. The lowest BCUT2D eigenvalue weighted by atomic mass is 9.95. The molecule has 0 aromatic rings. The maximum Gasteiger partial charge on any atom is 0.415 e. The molecule has 0 spiro atoms. The molecule has 1 aliphatic heterocycles. The van der Waals surface area contributed by atoms with Crippen molar-refractivity contribution in [2.75, 3.05) is 12.4 Å². The number of nitriles is 1. The number of nitrogens with zero attached hydrogens (tertiary/aromatic N) is 1. The van der Waals surface area contributed by atoms with Gasteiger partial charge in [-0.3, -0.25) is 0 Å². The van der Waals surface area contributed by atoms with Gasteiger partial charge in [0.15, 0.2) is 8.38 Å². The van der Waals surface area contributed by atoms with Gasteiger partial charge in [0.1, 0.15) is 6.10 Å². The van der Waals surface area contributed by atoms with Crippen molar-refractivity contribution in [2.45, 2.75) is 69.1 Å². The molecule has 0 aliphatic carbocycles. The quantitative estimate of drug-likeness (QED) is 0.199. The second-order valence-corrected chi connectivity index (χ2v) is 11.4. The number of rotatable bonds is 8. The van der Waals surface area contributed by atoms with Crippen molar-refractivity contribution in [2.24, 2.45) is 11.8 Å². The van der Waals surface area contributed by atoms with E-state index in [0.717, 1.165) is 0 Å². The number of hydrogen-bond donors (Lipinski definition) is 1. The van der Waals surface area contributed by atoms with Crippen LogP contribution in [0.5, 0.6) is 0 Å². The molecule has 29 heavy (non-hydrogen) atoms. The number of hydrogen-bond acceptors (Lipinski definition) is 6. The Labute approximate surface area is 175 Å². The summed E-state index contributed by atoms with van der Waals surface area (Å²) in [4.78, 5) is 0. The lowest BCUT2D eigenvalue weighted by molar-refractivity contribution is -0.289. The highest BCUT2D eigenvalue weighted by Crippen LogP contribution is 2.64. The topological polar surface area (TPSA) is 62.5 Å². The maximum absolute atomic E-state index is 13.8. The Bertz CT molecular complexity index is 548. The second-order valence-electron chi connectivity index (χ2n) is 7.20. The molecule has 0 saturated carbocycles. The van der Waals surface area contributed by atoms with Crippen LogP contribution in [0, 0.1) is 23.2 Å². The Morgan fingerprint density at radius 1 is 1.14 bits per heavy atom. The molecule has 0 amide bonds. The molecule has 3 atom stereocenters. The van der Waals surface area contributed by atoms with Crippen LogP contribution in [0.2, 0.25) is 0 Å². The lowest BCUT2D eigenvalue weighted by Crippen LogP contribution is -2.66. The largest absolute Gasteiger partial charge is 0.415 e. The van der Waals surface area contributed by atoms with Crippen LogP contribution in [-0.4, -0.2) is 52.4 Å². The van der Waals surface area contributed by atoms with Gasteiger partial charge in [0, 0.05) is 11.4 Å². The highest BCUT2D eigenvalue weighted by Gasteiger charge is 2.78. The normalized spacial score (nSPS) is 24.2. The van der Waals surface area contributed by atoms with Crippen molar-refractivity contribution in [3.05, 3.63) is 0 Å². The van der Waals surface area contributed by atoms with E-state index in [1.807, 2.05) is 6.07 Å². The number of alkyl halides is 6. The van der Waals surface area contributed by atoms with Gasteiger partial charge in [-0.05, 0) is 11.8 Å². The summed E-state index contributed by atoms with van der Waals surface area (Å²) in [6, 6.07) is 1.81. The van der Waals surface area contributed by atoms with Gasteiger partial charge in [0.2, 0.25) is 4.75 Å². The fourth-order valence-electron chi connectivity index (χ4n) is 3.06. The summed E-state index contributed by atoms with van der Waals surface area (Å²) in [7, 11) is -2.32. The van der Waals surface area contributed by atoms with E-state index in [2.05, 4.69) is 0 Å². The SMILES string of the molecule is CC(C)C(C(C)C)P(OCCC#N)OC1C(O)CSSC1(C(F)(F)F)C(F)(F)F. The first-order chi connectivity index (χ1) is 13.2. The molecule has 1 heterocycles. The van der Waals surface area contributed by atoms with E-state index < -0.39 is 43.3 Å². The highest BCUT2D eigenvalue weighted by molar-refractivity contribution is 8.77. The van der Waals surface area contributed by atoms with Crippen LogP contribution in [0.25, 0.3) is 0 Å². The fraction of sp³-hybridized carbons (Fsp3) is 0.938. The number of aliphatic hydroxyl groups excluding tert-OH is 1. The van der Waals surface area contributed by atoms with Crippen molar-refractivity contribution in [1.29, 1.82) is 5.26 Å². The molecule has 0 aromatic heterocycles. The summed E-state index contributed by atoms with van der Waals surface area (Å²) in [6.45, 7) is 6.87. The lowest BCUT2D eigenvalue weighted by Gasteiger charge is -2.47. The molecule has 1 aliphatic rings. The van der Waals surface area contributed by atoms with Gasteiger partial charge < -0.3 is 14.2 Å². The van der Waals surface area contributed by atoms with Gasteiger partial charge in [0.25, 0.3) is 0 Å². The second kappa shape index (κ2) is 10.6. The molecule has 4 nitrogen and oxygen atoms in total. The Morgan fingerprint density at radius 3 is 2.07 bits per heavy atom. The third-order valence-electron chi connectivity index (χ3n) is 4.28. The van der Waals surface area contributed by atoms with Crippen molar-refractivity contribution < 1.29 is 40.5 Å². The Morgan fingerprint density at radius 2 is 1.66 bits per heavy atom. The molecule has 0 aromatic carbocycles. The average Bonchev–Trinajstić information content (AvgIpc) is 2.53. The van der Waals surface area contributed by atoms with E-state index in [0.29, 0.717) is 10.8 Å². The number of aliphatic hydroxyl groups is 1. The van der Waals surface area contributed by atoms with Crippen LogP contribution < -0.4 is 0 Å². The fourth-order valence-corrected chi connectivity index (χ4v) is 8.36. The van der Waals surface area contributed by atoms with E-state index in [1.54, 1.807) is 27.7 Å². The average molecular weight is 487 g/mol. The summed E-state index contributed by atoms with van der Waals surface area (Å²) in [5, 5.41) is 18.8. The zero-order valence-corrected chi connectivity index (χ0v) is 18.8. The molecule has 170 valence electrons. The van der Waals surface area contributed by atoms with Crippen molar-refractivity contribution in [3.8, 4) is 6.07 Å². The smallest absolute Gasteiger partial charge is 0.389 e. The summed E-state index contributed by atoms with van der Waals surface area (Å²) in [5.74, 6) is -0.687. The van der Waals surface area contributed by atoms with Gasteiger partial charge in [-0.1, -0.05) is 49.3 Å². The maximum atomic E-state index is 13.8. The molecular weight excluding hydrogens is 463 g/mol. The molecule has 1 fully saturated rings. The molecule has 0 radical (unpaired) electrons. The molecule has 1 N–H and O–H groups in total. The van der Waals surface area contributed by atoms with E-state index in [4.69, 9.17) is 14.3 Å². The Hall–Kier alpha value is 0.0800. The van der Waals surface area contributed by atoms with Gasteiger partial charge >= 0.3 is 12.4 Å². The Balaban J connectivity index is 3.41. The molecular formula is C16H24F6NO3PS2. The first-order valence-electron chi connectivity index (χ1n) is 8.78. The minimum absolute atomic E-state index is 0.0907. The van der Waals surface area contributed by atoms with Crippen LogP contribution >= 0.6 is 30.0 Å². The summed E-state index contributed by atoms with van der Waals surface area (Å²) >= 11 is 0. The van der Waals surface area contributed by atoms with Crippen LogP contribution in [0.15, 0.2) is 0 Å². The Kier molecular flexibility index (Phi) is 9.91. The summed E-state index contributed by atoms with van der Waals surface area (Å²) in [6.07, 6.45) is -16.1. The van der Waals surface area contributed by atoms with Crippen molar-refractivity contribution in [3.63, 3.8) is 0 Å². The zero-order chi connectivity index (χ0) is 22.6. The molecule has 0 bridgehead atoms. The minimum atomic E-state index is -5.71. The highest BCUT2D eigenvalue weighted by atomic mass is 33.1. The van der Waals surface area contributed by atoms with Crippen LogP contribution in [0.3, 0.4) is 0 Å². The third kappa shape index (κ3) is 6.07. The van der Waals surface area contributed by atoms with Gasteiger partial charge in [0.05, 0.1) is 25.2 Å². The number of halogens is 6. The van der Waals surface area contributed by atoms with Crippen LogP contribution in [0.4, 0.5) is 26.3 Å². The van der Waals surface area contributed by atoms with E-state index >= 15 is 0 Å². The zero-order valence-electron chi connectivity index (χ0n) is 16.3. The molecule has 1 saturated heterocycles. The van der Waals surface area contributed by atoms with Crippen LogP contribution in [0.1, 0.15) is 34.1 Å². The van der Waals surface area contributed by atoms with Gasteiger partial charge in [-0.2, -0.15) is 31.6 Å². The predicted octanol–water partition coefficient (Wildman–Crippen LogP) is 5.91. The standard InChI is InChI=1S/C16H24F6NO3PS2/c1-9(2)12(10(3)4)27(25-7-5-6-23)26-13-11(24)8-28-29-14(13,15(17,18)19)16(20,21)22/h9-13,24H,5,7-8H2,1-4H3. The van der Waals surface area contributed by atoms with E-state index in [-0.39, 0.29) is 41.4 Å².